The van der Waals surface area contributed by atoms with Gasteiger partial charge in [0.25, 0.3) is 5.91 Å². The van der Waals surface area contributed by atoms with E-state index in [2.05, 4.69) is 40.2 Å². The largest absolute Gasteiger partial charge is 0.364 e. The first-order valence-electron chi connectivity index (χ1n) is 9.92. The van der Waals surface area contributed by atoms with E-state index in [0.717, 1.165) is 50.3 Å². The lowest BCUT2D eigenvalue weighted by Gasteiger charge is -2.31. The highest BCUT2D eigenvalue weighted by Crippen LogP contribution is 2.29. The van der Waals surface area contributed by atoms with Gasteiger partial charge in [0.1, 0.15) is 17.2 Å². The van der Waals surface area contributed by atoms with Crippen molar-refractivity contribution >= 4 is 5.91 Å². The van der Waals surface area contributed by atoms with Gasteiger partial charge in [-0.15, -0.1) is 0 Å². The summed E-state index contributed by atoms with van der Waals surface area (Å²) in [6.07, 6.45) is 3.25. The fraction of sp³-hybridized carbons (Fsp3) is 0.304. The van der Waals surface area contributed by atoms with Crippen molar-refractivity contribution in [3.05, 3.63) is 77.7 Å². The lowest BCUT2D eigenvalue weighted by atomic mass is 9.97. The van der Waals surface area contributed by atoms with Crippen LogP contribution < -0.4 is 5.73 Å². The van der Waals surface area contributed by atoms with Gasteiger partial charge >= 0.3 is 0 Å². The van der Waals surface area contributed by atoms with Crippen LogP contribution in [0.3, 0.4) is 0 Å². The minimum absolute atomic E-state index is 0.292. The molecule has 144 valence electrons. The second-order valence-electron chi connectivity index (χ2n) is 7.45. The monoisotopic (exact) mass is 374 g/mol. The predicted molar refractivity (Wildman–Crippen MR) is 111 cm³/mol. The molecule has 0 saturated carbocycles. The van der Waals surface area contributed by atoms with Crippen molar-refractivity contribution < 1.29 is 4.79 Å². The molecule has 3 N–H and O–H groups in total. The molecular weight excluding hydrogens is 348 g/mol. The number of hydrogen-bond acceptors (Lipinski definition) is 3. The molecule has 0 spiro atoms. The Bertz CT molecular complexity index is 920. The zero-order valence-corrected chi connectivity index (χ0v) is 16.0. The number of likely N-dealkylation sites (tertiary alicyclic amines) is 1. The Kier molecular flexibility index (Phi) is 5.53. The maximum atomic E-state index is 12.0. The Hall–Kier alpha value is -2.92. The summed E-state index contributed by atoms with van der Waals surface area (Å²) in [6.45, 7) is 3.10. The number of aromatic amines is 1. The highest BCUT2D eigenvalue weighted by atomic mass is 16.1. The Morgan fingerprint density at radius 1 is 1.11 bits per heavy atom. The SMILES string of the molecule is NC(=O)c1[nH]c([C@@H]2CCCN(CCc3ccccc3)C2)nc1-c1ccccc1. The van der Waals surface area contributed by atoms with Gasteiger partial charge in [-0.2, -0.15) is 0 Å². The summed E-state index contributed by atoms with van der Waals surface area (Å²) in [5.41, 5.74) is 8.95. The number of nitrogens with two attached hydrogens (primary N) is 1. The molecular formula is C23H26N4O. The van der Waals surface area contributed by atoms with E-state index in [1.54, 1.807) is 0 Å². The first-order valence-corrected chi connectivity index (χ1v) is 9.92. The van der Waals surface area contributed by atoms with E-state index in [4.69, 9.17) is 10.7 Å². The number of benzene rings is 2. The average Bonchev–Trinajstić information content (AvgIpc) is 3.20. The molecule has 1 atom stereocenters. The van der Waals surface area contributed by atoms with Crippen molar-refractivity contribution in [2.75, 3.05) is 19.6 Å². The Morgan fingerprint density at radius 2 is 1.82 bits per heavy atom. The number of carbonyl (C=O) groups is 1. The fourth-order valence-corrected chi connectivity index (χ4v) is 3.98. The first kappa shape index (κ1) is 18.4. The number of nitrogens with zero attached hydrogens (tertiary/aromatic N) is 2. The normalized spacial score (nSPS) is 17.5. The summed E-state index contributed by atoms with van der Waals surface area (Å²) in [7, 11) is 0. The number of amides is 1. The molecule has 0 aliphatic carbocycles. The molecule has 2 aromatic carbocycles. The molecule has 4 rings (SSSR count). The van der Waals surface area contributed by atoms with Crippen molar-refractivity contribution in [2.24, 2.45) is 5.73 Å². The summed E-state index contributed by atoms with van der Waals surface area (Å²) in [6, 6.07) is 20.4. The van der Waals surface area contributed by atoms with Crippen molar-refractivity contribution in [1.82, 2.24) is 14.9 Å². The molecule has 1 fully saturated rings. The van der Waals surface area contributed by atoms with Crippen molar-refractivity contribution in [3.63, 3.8) is 0 Å². The minimum atomic E-state index is -0.464. The summed E-state index contributed by atoms with van der Waals surface area (Å²) < 4.78 is 0. The van der Waals surface area contributed by atoms with Crippen LogP contribution in [-0.2, 0) is 6.42 Å². The summed E-state index contributed by atoms with van der Waals surface area (Å²) in [5.74, 6) is 0.700. The quantitative estimate of drug-likeness (QED) is 0.692. The van der Waals surface area contributed by atoms with Gasteiger partial charge in [-0.1, -0.05) is 60.7 Å². The van der Waals surface area contributed by atoms with Crippen LogP contribution in [0.4, 0.5) is 0 Å². The van der Waals surface area contributed by atoms with Crippen LogP contribution >= 0.6 is 0 Å². The van der Waals surface area contributed by atoms with Gasteiger partial charge in [-0.05, 0) is 31.4 Å². The van der Waals surface area contributed by atoms with Crippen LogP contribution in [-0.4, -0.2) is 40.4 Å². The highest BCUT2D eigenvalue weighted by Gasteiger charge is 2.26. The van der Waals surface area contributed by atoms with E-state index in [1.807, 2.05) is 30.3 Å². The maximum absolute atomic E-state index is 12.0. The molecule has 2 heterocycles. The minimum Gasteiger partial charge on any atom is -0.364 e. The van der Waals surface area contributed by atoms with Gasteiger partial charge in [0, 0.05) is 24.6 Å². The number of carbonyl (C=O) groups excluding carboxylic acids is 1. The third kappa shape index (κ3) is 4.15. The Balaban J connectivity index is 1.49. The first-order chi connectivity index (χ1) is 13.7. The van der Waals surface area contributed by atoms with Gasteiger partial charge in [0.05, 0.1) is 0 Å². The third-order valence-corrected chi connectivity index (χ3v) is 5.47. The van der Waals surface area contributed by atoms with Gasteiger partial charge < -0.3 is 15.6 Å². The molecule has 5 heteroatoms. The Morgan fingerprint density at radius 3 is 2.54 bits per heavy atom. The zero-order chi connectivity index (χ0) is 19.3. The van der Waals surface area contributed by atoms with E-state index in [1.165, 1.54) is 5.56 Å². The summed E-state index contributed by atoms with van der Waals surface area (Å²) in [4.78, 5) is 22.5. The van der Waals surface area contributed by atoms with Gasteiger partial charge in [-0.3, -0.25) is 4.79 Å². The number of rotatable bonds is 6. The summed E-state index contributed by atoms with van der Waals surface area (Å²) in [5, 5.41) is 0. The molecule has 1 amide bonds. The number of aromatic nitrogens is 2. The van der Waals surface area contributed by atoms with Gasteiger partial charge in [-0.25, -0.2) is 4.98 Å². The molecule has 1 saturated heterocycles. The van der Waals surface area contributed by atoms with Gasteiger partial charge in [0.2, 0.25) is 0 Å². The number of H-pyrrole nitrogens is 1. The van der Waals surface area contributed by atoms with Crippen LogP contribution in [0.25, 0.3) is 11.3 Å². The fourth-order valence-electron chi connectivity index (χ4n) is 3.98. The molecule has 1 aromatic heterocycles. The smallest absolute Gasteiger partial charge is 0.267 e. The van der Waals surface area contributed by atoms with E-state index in [0.29, 0.717) is 17.3 Å². The molecule has 0 bridgehead atoms. The van der Waals surface area contributed by atoms with Crippen molar-refractivity contribution in [2.45, 2.75) is 25.2 Å². The van der Waals surface area contributed by atoms with Crippen LogP contribution in [0.1, 0.15) is 40.6 Å². The van der Waals surface area contributed by atoms with Crippen LogP contribution in [0.5, 0.6) is 0 Å². The van der Waals surface area contributed by atoms with E-state index in [9.17, 15) is 4.79 Å². The highest BCUT2D eigenvalue weighted by molar-refractivity contribution is 5.97. The van der Waals surface area contributed by atoms with Crippen molar-refractivity contribution in [1.29, 1.82) is 0 Å². The second kappa shape index (κ2) is 8.40. The summed E-state index contributed by atoms with van der Waals surface area (Å²) >= 11 is 0. The molecule has 1 aliphatic rings. The zero-order valence-electron chi connectivity index (χ0n) is 16.0. The van der Waals surface area contributed by atoms with Crippen LogP contribution in [0.2, 0.25) is 0 Å². The molecule has 1 aliphatic heterocycles. The van der Waals surface area contributed by atoms with Gasteiger partial charge in [0.15, 0.2) is 0 Å². The number of piperidine rings is 1. The lowest BCUT2D eigenvalue weighted by molar-refractivity contribution is 0.0996. The van der Waals surface area contributed by atoms with E-state index >= 15 is 0 Å². The van der Waals surface area contributed by atoms with Crippen LogP contribution in [0.15, 0.2) is 60.7 Å². The topological polar surface area (TPSA) is 75.0 Å². The number of imidazole rings is 1. The van der Waals surface area contributed by atoms with E-state index < -0.39 is 5.91 Å². The lowest BCUT2D eigenvalue weighted by Crippen LogP contribution is -2.36. The predicted octanol–water partition coefficient (Wildman–Crippen LogP) is 3.60. The Labute approximate surface area is 165 Å². The standard InChI is InChI=1S/C23H26N4O/c24-22(28)21-20(18-10-5-2-6-11-18)25-23(26-21)19-12-7-14-27(16-19)15-13-17-8-3-1-4-9-17/h1-6,8-11,19H,7,12-16H2,(H2,24,28)(H,25,26)/t19-/m1/s1. The molecule has 3 aromatic rings. The molecule has 0 unspecified atom stereocenters. The maximum Gasteiger partial charge on any atom is 0.267 e. The van der Waals surface area contributed by atoms with Crippen LogP contribution in [0, 0.1) is 0 Å². The molecule has 28 heavy (non-hydrogen) atoms. The van der Waals surface area contributed by atoms with E-state index in [-0.39, 0.29) is 0 Å². The number of hydrogen-bond donors (Lipinski definition) is 2. The van der Waals surface area contributed by atoms with Crippen molar-refractivity contribution in [3.8, 4) is 11.3 Å². The second-order valence-corrected chi connectivity index (χ2v) is 7.45. The number of primary amides is 1. The molecule has 0 radical (unpaired) electrons. The number of nitrogens with one attached hydrogen (secondary N) is 1. The third-order valence-electron chi connectivity index (χ3n) is 5.47. The molecule has 5 nitrogen and oxygen atoms in total. The average molecular weight is 374 g/mol.